The monoisotopic (exact) mass is 244 g/mol. The van der Waals surface area contributed by atoms with E-state index in [1.807, 2.05) is 12.1 Å². The molecule has 0 saturated heterocycles. The minimum atomic E-state index is -0.582. The number of aromatic nitrogens is 1. The number of fused-ring (bicyclic) bond motifs is 1. The van der Waals surface area contributed by atoms with Gasteiger partial charge in [0.1, 0.15) is 0 Å². The second-order valence-electron chi connectivity index (χ2n) is 3.67. The summed E-state index contributed by atoms with van der Waals surface area (Å²) in [5, 5.41) is 14.7. The van der Waals surface area contributed by atoms with Crippen molar-refractivity contribution in [3.8, 4) is 0 Å². The van der Waals surface area contributed by atoms with Crippen LogP contribution in [0.4, 0.5) is 17.2 Å². The number of nitrogens with two attached hydrogens (primary N) is 1. The highest BCUT2D eigenvalue weighted by molar-refractivity contribution is 5.99. The predicted molar refractivity (Wildman–Crippen MR) is 71.5 cm³/mol. The Morgan fingerprint density at radius 3 is 2.89 bits per heavy atom. The third-order valence-electron chi connectivity index (χ3n) is 2.51. The molecule has 0 saturated carbocycles. The van der Waals surface area contributed by atoms with Crippen molar-refractivity contribution in [3.05, 3.63) is 47.0 Å². The molecule has 2 aromatic rings. The number of nitrogen functional groups attached to an aromatic ring is 1. The summed E-state index contributed by atoms with van der Waals surface area (Å²) in [6.07, 6.45) is 1.65. The zero-order valence-corrected chi connectivity index (χ0v) is 9.59. The van der Waals surface area contributed by atoms with E-state index in [0.29, 0.717) is 17.7 Å². The molecule has 0 radical (unpaired) electrons. The third kappa shape index (κ3) is 1.95. The molecule has 3 N–H and O–H groups in total. The van der Waals surface area contributed by atoms with Crippen molar-refractivity contribution in [3.63, 3.8) is 0 Å². The Balaban J connectivity index is 2.72. The van der Waals surface area contributed by atoms with Crippen LogP contribution in [0.2, 0.25) is 0 Å². The number of nitrogens with one attached hydrogen (secondary N) is 1. The summed E-state index contributed by atoms with van der Waals surface area (Å²) < 4.78 is 0. The number of nitrogens with zero attached hydrogens (tertiary/aromatic N) is 2. The second kappa shape index (κ2) is 4.70. The Hall–Kier alpha value is -2.63. The fourth-order valence-corrected chi connectivity index (χ4v) is 1.72. The van der Waals surface area contributed by atoms with Crippen LogP contribution >= 0.6 is 0 Å². The highest BCUT2D eigenvalue weighted by atomic mass is 16.6. The Morgan fingerprint density at radius 1 is 1.50 bits per heavy atom. The van der Waals surface area contributed by atoms with E-state index >= 15 is 0 Å². The molecule has 0 fully saturated rings. The van der Waals surface area contributed by atoms with Gasteiger partial charge in [0.15, 0.2) is 11.2 Å². The van der Waals surface area contributed by atoms with Gasteiger partial charge in [-0.15, -0.1) is 6.58 Å². The van der Waals surface area contributed by atoms with E-state index < -0.39 is 4.92 Å². The minimum absolute atomic E-state index is 0.0422. The van der Waals surface area contributed by atoms with Gasteiger partial charge in [0.25, 0.3) is 0 Å². The average molecular weight is 244 g/mol. The minimum Gasteiger partial charge on any atom is -0.390 e. The highest BCUT2D eigenvalue weighted by Gasteiger charge is 2.20. The van der Waals surface area contributed by atoms with Crippen LogP contribution in [0, 0.1) is 10.1 Å². The van der Waals surface area contributed by atoms with Gasteiger partial charge in [-0.2, -0.15) is 0 Å². The molecule has 6 nitrogen and oxygen atoms in total. The molecule has 0 aliphatic heterocycles. The van der Waals surface area contributed by atoms with Crippen LogP contribution in [0.3, 0.4) is 0 Å². The van der Waals surface area contributed by atoms with Crippen molar-refractivity contribution >= 4 is 28.1 Å². The molecule has 1 heterocycles. The number of para-hydroxylation sites is 1. The maximum Gasteiger partial charge on any atom is 0.389 e. The van der Waals surface area contributed by atoms with E-state index in [9.17, 15) is 10.1 Å². The van der Waals surface area contributed by atoms with Crippen LogP contribution in [0.15, 0.2) is 36.9 Å². The summed E-state index contributed by atoms with van der Waals surface area (Å²) in [6, 6.07) is 7.12. The first-order valence-corrected chi connectivity index (χ1v) is 5.32. The number of hydrogen-bond donors (Lipinski definition) is 2. The van der Waals surface area contributed by atoms with Gasteiger partial charge < -0.3 is 21.2 Å². The number of nitro groups is 1. The van der Waals surface area contributed by atoms with Gasteiger partial charge >= 0.3 is 5.82 Å². The van der Waals surface area contributed by atoms with Crippen molar-refractivity contribution in [2.24, 2.45) is 0 Å². The number of anilines is 2. The van der Waals surface area contributed by atoms with Gasteiger partial charge in [0, 0.05) is 6.54 Å². The van der Waals surface area contributed by atoms with Gasteiger partial charge in [-0.1, -0.05) is 18.2 Å². The van der Waals surface area contributed by atoms with Gasteiger partial charge in [-0.25, -0.2) is 0 Å². The molecule has 0 amide bonds. The number of pyridine rings is 1. The van der Waals surface area contributed by atoms with Crippen LogP contribution in [-0.4, -0.2) is 16.5 Å². The maximum atomic E-state index is 10.9. The van der Waals surface area contributed by atoms with Crippen LogP contribution in [0.25, 0.3) is 10.9 Å². The van der Waals surface area contributed by atoms with Crippen LogP contribution in [-0.2, 0) is 0 Å². The summed E-state index contributed by atoms with van der Waals surface area (Å²) in [4.78, 5) is 14.3. The van der Waals surface area contributed by atoms with Crippen molar-refractivity contribution in [2.45, 2.75) is 0 Å². The number of rotatable bonds is 4. The van der Waals surface area contributed by atoms with E-state index in [1.165, 1.54) is 0 Å². The molecule has 92 valence electrons. The summed E-state index contributed by atoms with van der Waals surface area (Å²) in [6.45, 7) is 4.06. The topological polar surface area (TPSA) is 94.1 Å². The molecule has 0 spiro atoms. The Morgan fingerprint density at radius 2 is 2.22 bits per heavy atom. The number of hydrogen-bond acceptors (Lipinski definition) is 5. The summed E-state index contributed by atoms with van der Waals surface area (Å²) in [5.74, 6) is -0.333. The summed E-state index contributed by atoms with van der Waals surface area (Å²) in [5.41, 5.74) is 6.89. The van der Waals surface area contributed by atoms with E-state index in [1.54, 1.807) is 18.2 Å². The Bertz CT molecular complexity index is 625. The highest BCUT2D eigenvalue weighted by Crippen LogP contribution is 2.34. The van der Waals surface area contributed by atoms with E-state index in [-0.39, 0.29) is 11.5 Å². The molecule has 2 rings (SSSR count). The molecule has 0 aliphatic carbocycles. The zero-order chi connectivity index (χ0) is 13.1. The molecular weight excluding hydrogens is 232 g/mol. The van der Waals surface area contributed by atoms with Crippen molar-refractivity contribution < 1.29 is 4.92 Å². The second-order valence-corrected chi connectivity index (χ2v) is 3.67. The SMILES string of the molecule is C=CCNc1c(N)c([N+](=O)[O-])nc2ccccc12. The van der Waals surface area contributed by atoms with Gasteiger partial charge in [-0.05, 0) is 22.0 Å². The van der Waals surface area contributed by atoms with Gasteiger partial charge in [0.05, 0.1) is 11.1 Å². The standard InChI is InChI=1S/C12H12N4O2/c1-2-7-14-11-8-5-3-4-6-9(8)15-12(10(11)13)16(17)18/h2-6H,1,7,13H2,(H,14,15). The fourth-order valence-electron chi connectivity index (χ4n) is 1.72. The molecular formula is C12H12N4O2. The predicted octanol–water partition coefficient (Wildman–Crippen LogP) is 2.32. The summed E-state index contributed by atoms with van der Waals surface area (Å²) in [7, 11) is 0. The van der Waals surface area contributed by atoms with Crippen LogP contribution < -0.4 is 11.1 Å². The Kier molecular flexibility index (Phi) is 3.09. The fraction of sp³-hybridized carbons (Fsp3) is 0.0833. The lowest BCUT2D eigenvalue weighted by atomic mass is 10.1. The van der Waals surface area contributed by atoms with Crippen LogP contribution in [0.5, 0.6) is 0 Å². The van der Waals surface area contributed by atoms with Crippen molar-refractivity contribution in [1.82, 2.24) is 4.98 Å². The lowest BCUT2D eigenvalue weighted by Crippen LogP contribution is -2.07. The van der Waals surface area contributed by atoms with Crippen LogP contribution in [0.1, 0.15) is 0 Å². The molecule has 0 unspecified atom stereocenters. The molecule has 1 aromatic heterocycles. The quantitative estimate of drug-likeness (QED) is 0.489. The van der Waals surface area contributed by atoms with E-state index in [4.69, 9.17) is 5.73 Å². The lowest BCUT2D eigenvalue weighted by molar-refractivity contribution is -0.388. The smallest absolute Gasteiger partial charge is 0.389 e. The zero-order valence-electron chi connectivity index (χ0n) is 9.59. The molecule has 6 heteroatoms. The lowest BCUT2D eigenvalue weighted by Gasteiger charge is -2.09. The third-order valence-corrected chi connectivity index (χ3v) is 2.51. The molecule has 0 bridgehead atoms. The van der Waals surface area contributed by atoms with E-state index in [2.05, 4.69) is 16.9 Å². The molecule has 0 atom stereocenters. The molecule has 0 aliphatic rings. The largest absolute Gasteiger partial charge is 0.390 e. The first-order chi connectivity index (χ1) is 8.65. The van der Waals surface area contributed by atoms with E-state index in [0.717, 1.165) is 5.39 Å². The normalized spacial score (nSPS) is 10.2. The van der Waals surface area contributed by atoms with Crippen molar-refractivity contribution in [1.29, 1.82) is 0 Å². The Labute approximate surface area is 103 Å². The van der Waals surface area contributed by atoms with Gasteiger partial charge in [0.2, 0.25) is 0 Å². The maximum absolute atomic E-state index is 10.9. The molecule has 1 aromatic carbocycles. The van der Waals surface area contributed by atoms with Gasteiger partial charge in [-0.3, -0.25) is 0 Å². The first-order valence-electron chi connectivity index (χ1n) is 5.32. The average Bonchev–Trinajstić information content (AvgIpc) is 2.37. The molecule has 18 heavy (non-hydrogen) atoms. The van der Waals surface area contributed by atoms with Crippen molar-refractivity contribution in [2.75, 3.05) is 17.6 Å². The first kappa shape index (κ1) is 11.8. The number of benzene rings is 1. The summed E-state index contributed by atoms with van der Waals surface area (Å²) >= 11 is 0.